The monoisotopic (exact) mass is 1050 g/mol. The van der Waals surface area contributed by atoms with E-state index in [0.717, 1.165) is 21.7 Å². The van der Waals surface area contributed by atoms with Crippen LogP contribution in [0.1, 0.15) is 52.3 Å². The fraction of sp³-hybridized carbons (Fsp3) is 0.500. The number of carbonyl (C=O) groups is 3. The molecule has 5 aromatic rings. The predicted octanol–water partition coefficient (Wildman–Crippen LogP) is 7.31. The largest absolute Gasteiger partial charge is 0.493 e. The molecule has 3 atom stereocenters. The summed E-state index contributed by atoms with van der Waals surface area (Å²) in [5.41, 5.74) is 5.28. The summed E-state index contributed by atoms with van der Waals surface area (Å²) in [6.45, 7) is 14.7. The van der Waals surface area contributed by atoms with Gasteiger partial charge in [-0.2, -0.15) is 0 Å². The van der Waals surface area contributed by atoms with Crippen molar-refractivity contribution in [2.24, 2.45) is 5.41 Å². The van der Waals surface area contributed by atoms with E-state index in [4.69, 9.17) is 49.5 Å². The molecule has 1 aliphatic heterocycles. The highest BCUT2D eigenvalue weighted by atomic mass is 35.5. The van der Waals surface area contributed by atoms with Crippen LogP contribution in [-0.2, 0) is 49.3 Å². The molecule has 18 nitrogen and oxygen atoms in total. The number of ether oxygens (including phenoxy) is 8. The molecule has 0 radical (unpaired) electrons. The van der Waals surface area contributed by atoms with Gasteiger partial charge in [-0.05, 0) is 61.6 Å². The van der Waals surface area contributed by atoms with Gasteiger partial charge >= 0.3 is 0 Å². The first kappa shape index (κ1) is 56.7. The van der Waals surface area contributed by atoms with Crippen LogP contribution in [0, 0.1) is 18.2 Å². The minimum absolute atomic E-state index is 0.0115. The lowest BCUT2D eigenvalue weighted by Crippen LogP contribution is -2.58. The number of rotatable bonds is 29. The van der Waals surface area contributed by atoms with Gasteiger partial charge in [-0.25, -0.2) is 19.3 Å². The van der Waals surface area contributed by atoms with Crippen LogP contribution >= 0.6 is 22.9 Å². The number of benzene rings is 3. The standard InChI is InChI=1S/C52H67ClFN7O11S/c1-33(2)72-38-25-43(50(63)55-28-35-8-10-36(11-9-35)47-34(3)58-32-73-47)61(29-38)51(64)48(52(4,5)6)60-46(62)30-70-21-20-68-17-16-66-14-15-67-18-19-69-22-23-71-45-26-39-42(27-44(45)65-7)56-31-57-49(39)59-37-12-13-41(54)40(53)24-37/h8-13,24,26-27,31-33,38,43,48H,14-23,25,28-30H2,1-7H3,(H,55,63)(H,60,62)(H,56,57,59)/t38-,43+,48-/m1/s1. The highest BCUT2D eigenvalue weighted by molar-refractivity contribution is 7.13. The predicted molar refractivity (Wildman–Crippen MR) is 276 cm³/mol. The van der Waals surface area contributed by atoms with Gasteiger partial charge in [-0.3, -0.25) is 14.4 Å². The number of hydrogen-bond acceptors (Lipinski definition) is 16. The van der Waals surface area contributed by atoms with Crippen LogP contribution in [0.2, 0.25) is 5.02 Å². The molecule has 1 aliphatic rings. The number of nitrogens with zero attached hydrogens (tertiary/aromatic N) is 4. The lowest BCUT2D eigenvalue weighted by Gasteiger charge is -2.35. The van der Waals surface area contributed by atoms with Crippen molar-refractivity contribution in [3.63, 3.8) is 0 Å². The molecule has 3 amide bonds. The van der Waals surface area contributed by atoms with Crippen LogP contribution in [-0.4, -0.2) is 148 Å². The number of thiazole rings is 1. The number of aryl methyl sites for hydroxylation is 1. The van der Waals surface area contributed by atoms with Crippen molar-refractivity contribution in [2.75, 3.05) is 91.6 Å². The maximum Gasteiger partial charge on any atom is 0.246 e. The Balaban J connectivity index is 0.816. The number of fused-ring (bicyclic) bond motifs is 1. The van der Waals surface area contributed by atoms with E-state index in [-0.39, 0.29) is 62.0 Å². The molecule has 0 aliphatic carbocycles. The Morgan fingerprint density at radius 1 is 0.849 bits per heavy atom. The zero-order valence-electron chi connectivity index (χ0n) is 42.5. The topological polar surface area (TPSA) is 203 Å². The number of likely N-dealkylation sites (tertiary alicyclic amines) is 1. The summed E-state index contributed by atoms with van der Waals surface area (Å²) in [7, 11) is 1.54. The van der Waals surface area contributed by atoms with E-state index in [9.17, 15) is 18.8 Å². The Hall–Kier alpha value is -5.58. The summed E-state index contributed by atoms with van der Waals surface area (Å²) in [5.74, 6) is -0.170. The maximum absolute atomic E-state index is 14.3. The van der Waals surface area contributed by atoms with Crippen LogP contribution in [0.5, 0.6) is 11.5 Å². The first-order chi connectivity index (χ1) is 35.1. The van der Waals surface area contributed by atoms with Gasteiger partial charge in [0.1, 0.15) is 43.3 Å². The van der Waals surface area contributed by atoms with Gasteiger partial charge in [0.25, 0.3) is 0 Å². The Morgan fingerprint density at radius 3 is 2.11 bits per heavy atom. The highest BCUT2D eigenvalue weighted by Gasteiger charge is 2.45. The second-order valence-electron chi connectivity index (χ2n) is 18.4. The number of methoxy groups -OCH3 is 1. The van der Waals surface area contributed by atoms with Crippen molar-refractivity contribution in [1.29, 1.82) is 0 Å². The van der Waals surface area contributed by atoms with E-state index in [1.165, 1.54) is 18.5 Å². The molecule has 2 aromatic heterocycles. The SMILES string of the molecule is COc1cc2ncnc(Nc3ccc(F)c(Cl)c3)c2cc1OCCOCCOCCOCCOCCOCC(=O)N[C@H](C(=O)N1C[C@H](OC(C)C)C[C@H]1C(=O)NCc1ccc(-c2scnc2C)cc1)C(C)(C)C. The van der Waals surface area contributed by atoms with Crippen LogP contribution in [0.3, 0.4) is 0 Å². The zero-order chi connectivity index (χ0) is 52.3. The molecule has 0 saturated carbocycles. The number of halogens is 2. The molecule has 3 heterocycles. The molecule has 0 spiro atoms. The van der Waals surface area contributed by atoms with E-state index in [0.29, 0.717) is 93.1 Å². The van der Waals surface area contributed by atoms with Crippen molar-refractivity contribution in [2.45, 2.75) is 78.8 Å². The van der Waals surface area contributed by atoms with E-state index in [1.54, 1.807) is 41.5 Å². The van der Waals surface area contributed by atoms with Crippen LogP contribution in [0.4, 0.5) is 15.9 Å². The minimum Gasteiger partial charge on any atom is -0.493 e. The number of carbonyl (C=O) groups excluding carboxylic acids is 3. The minimum atomic E-state index is -0.926. The molecule has 6 rings (SSSR count). The summed E-state index contributed by atoms with van der Waals surface area (Å²) in [4.78, 5) is 56.8. The third kappa shape index (κ3) is 17.2. The highest BCUT2D eigenvalue weighted by Crippen LogP contribution is 2.35. The summed E-state index contributed by atoms with van der Waals surface area (Å²) >= 11 is 7.54. The van der Waals surface area contributed by atoms with Gasteiger partial charge in [0.15, 0.2) is 11.5 Å². The number of nitrogens with one attached hydrogen (secondary N) is 3. The lowest BCUT2D eigenvalue weighted by atomic mass is 9.85. The number of aromatic nitrogens is 3. The summed E-state index contributed by atoms with van der Waals surface area (Å²) in [5, 5.41) is 9.69. The molecule has 3 N–H and O–H groups in total. The van der Waals surface area contributed by atoms with Gasteiger partial charge in [-0.15, -0.1) is 11.3 Å². The average molecular weight is 1050 g/mol. The Kier molecular flexibility index (Phi) is 21.9. The van der Waals surface area contributed by atoms with Gasteiger partial charge < -0.3 is 58.7 Å². The number of amides is 3. The quantitative estimate of drug-likeness (QED) is 0.0402. The Morgan fingerprint density at radius 2 is 1.51 bits per heavy atom. The first-order valence-electron chi connectivity index (χ1n) is 24.2. The zero-order valence-corrected chi connectivity index (χ0v) is 44.1. The van der Waals surface area contributed by atoms with Crippen molar-refractivity contribution >= 4 is 63.1 Å². The van der Waals surface area contributed by atoms with E-state index in [2.05, 4.69) is 30.9 Å². The fourth-order valence-electron chi connectivity index (χ4n) is 7.85. The summed E-state index contributed by atoms with van der Waals surface area (Å²) in [6.07, 6.45) is 1.32. The second kappa shape index (κ2) is 28.2. The lowest BCUT2D eigenvalue weighted by molar-refractivity contribution is -0.144. The third-order valence-electron chi connectivity index (χ3n) is 11.5. The average Bonchev–Trinajstić information content (AvgIpc) is 3.99. The van der Waals surface area contributed by atoms with Gasteiger partial charge in [0.2, 0.25) is 17.7 Å². The molecule has 0 bridgehead atoms. The molecule has 73 heavy (non-hydrogen) atoms. The van der Waals surface area contributed by atoms with Gasteiger partial charge in [-0.1, -0.05) is 56.6 Å². The smallest absolute Gasteiger partial charge is 0.246 e. The van der Waals surface area contributed by atoms with Gasteiger partial charge in [0.05, 0.1) is 105 Å². The molecule has 1 saturated heterocycles. The van der Waals surface area contributed by atoms with E-state index >= 15 is 0 Å². The fourth-order valence-corrected chi connectivity index (χ4v) is 8.84. The van der Waals surface area contributed by atoms with Crippen LogP contribution < -0.4 is 25.4 Å². The molecular weight excluding hydrogens is 985 g/mol. The summed E-state index contributed by atoms with van der Waals surface area (Å²) < 4.78 is 59.3. The molecule has 3 aromatic carbocycles. The molecular formula is C52H67ClFN7O11S. The Labute approximate surface area is 434 Å². The van der Waals surface area contributed by atoms with Crippen molar-refractivity contribution < 1.29 is 56.7 Å². The second-order valence-corrected chi connectivity index (χ2v) is 19.7. The maximum atomic E-state index is 14.3. The van der Waals surface area contributed by atoms with Crippen LogP contribution in [0.15, 0.2) is 66.4 Å². The van der Waals surface area contributed by atoms with Crippen molar-refractivity contribution in [1.82, 2.24) is 30.5 Å². The van der Waals surface area contributed by atoms with Crippen LogP contribution in [0.25, 0.3) is 21.3 Å². The van der Waals surface area contributed by atoms with E-state index in [1.807, 2.05) is 71.3 Å². The Bertz CT molecular complexity index is 2570. The molecule has 396 valence electrons. The molecule has 1 fully saturated rings. The summed E-state index contributed by atoms with van der Waals surface area (Å²) in [6, 6.07) is 14.1. The van der Waals surface area contributed by atoms with Gasteiger partial charge in [0, 0.05) is 36.7 Å². The van der Waals surface area contributed by atoms with E-state index < -0.39 is 29.2 Å². The molecule has 21 heteroatoms. The molecule has 0 unspecified atom stereocenters. The normalized spacial score (nSPS) is 15.2. The van der Waals surface area contributed by atoms with Crippen molar-refractivity contribution in [3.05, 3.63) is 88.5 Å². The number of hydrogen-bond donors (Lipinski definition) is 3. The third-order valence-corrected chi connectivity index (χ3v) is 12.7. The first-order valence-corrected chi connectivity index (χ1v) is 25.5. The van der Waals surface area contributed by atoms with Crippen molar-refractivity contribution in [3.8, 4) is 21.9 Å². The number of anilines is 2.